The van der Waals surface area contributed by atoms with Gasteiger partial charge in [0.15, 0.2) is 5.82 Å². The van der Waals surface area contributed by atoms with E-state index in [1.54, 1.807) is 42.5 Å². The van der Waals surface area contributed by atoms with Gasteiger partial charge in [-0.2, -0.15) is 13.4 Å². The number of nitrogens with two attached hydrogens (primary N) is 1. The predicted octanol–water partition coefficient (Wildman–Crippen LogP) is 0.792. The highest BCUT2D eigenvalue weighted by Gasteiger charge is 2.23. The second-order valence-corrected chi connectivity index (χ2v) is 10.8. The number of benzene rings is 2. The maximum atomic E-state index is 12.3. The maximum absolute atomic E-state index is 12.3. The monoisotopic (exact) mass is 617 g/mol. The van der Waals surface area contributed by atoms with Crippen molar-refractivity contribution < 1.29 is 37.6 Å². The van der Waals surface area contributed by atoms with Gasteiger partial charge in [-0.1, -0.05) is 30.3 Å². The number of rotatable bonds is 11. The number of carboxylic acids is 2. The summed E-state index contributed by atoms with van der Waals surface area (Å²) in [7, 11) is -3.88. The average Bonchev–Trinajstić information content (AvgIpc) is 2.94. The molecule has 17 heteroatoms. The first-order valence-corrected chi connectivity index (χ1v) is 14.4. The molecule has 0 aliphatic carbocycles. The summed E-state index contributed by atoms with van der Waals surface area (Å²) in [6.45, 7) is 0.960. The van der Waals surface area contributed by atoms with Crippen molar-refractivity contribution in [1.29, 1.82) is 0 Å². The normalized spacial score (nSPS) is 14.4. The Labute approximate surface area is 245 Å². The third-order valence-electron chi connectivity index (χ3n) is 5.94. The Balaban J connectivity index is 0.000000386. The van der Waals surface area contributed by atoms with Crippen molar-refractivity contribution in [3.05, 3.63) is 76.1 Å². The van der Waals surface area contributed by atoms with Gasteiger partial charge in [-0.05, 0) is 36.2 Å². The minimum Gasteiger partial charge on any atom is -0.481 e. The van der Waals surface area contributed by atoms with Gasteiger partial charge in [-0.25, -0.2) is 4.79 Å². The van der Waals surface area contributed by atoms with E-state index in [0.29, 0.717) is 35.8 Å². The van der Waals surface area contributed by atoms with Crippen molar-refractivity contribution >= 4 is 51.1 Å². The van der Waals surface area contributed by atoms with Crippen LogP contribution in [0.1, 0.15) is 28.8 Å². The molecule has 1 aliphatic rings. The highest BCUT2D eigenvalue weighted by molar-refractivity contribution is 7.85. The molecule has 4 rings (SSSR count). The number of carbonyl (C=O) groups excluding carboxylic acids is 1. The molecule has 1 amide bonds. The fourth-order valence-electron chi connectivity index (χ4n) is 3.88. The van der Waals surface area contributed by atoms with Crippen molar-refractivity contribution in [2.75, 3.05) is 34.8 Å². The van der Waals surface area contributed by atoms with Crippen LogP contribution in [0.2, 0.25) is 0 Å². The lowest BCUT2D eigenvalue weighted by molar-refractivity contribution is -0.140. The number of hydrogen-bond donors (Lipinski definition) is 9. The number of aromatic nitrogens is 2. The number of nitrogen functional groups attached to an aromatic ring is 1. The molecule has 43 heavy (non-hydrogen) atoms. The lowest BCUT2D eigenvalue weighted by Crippen LogP contribution is -2.41. The van der Waals surface area contributed by atoms with Gasteiger partial charge in [0.25, 0.3) is 21.6 Å². The molecular formula is C26H31N7O9S. The van der Waals surface area contributed by atoms with Crippen LogP contribution in [0.5, 0.6) is 0 Å². The third-order valence-corrected chi connectivity index (χ3v) is 6.64. The number of aliphatic carboxylic acids is 2. The molecule has 16 nitrogen and oxygen atoms in total. The van der Waals surface area contributed by atoms with Crippen LogP contribution < -0.4 is 32.6 Å². The largest absolute Gasteiger partial charge is 0.481 e. The van der Waals surface area contributed by atoms with Crippen molar-refractivity contribution in [3.63, 3.8) is 0 Å². The fourth-order valence-corrected chi connectivity index (χ4v) is 4.50. The molecular weight excluding hydrogens is 586 g/mol. The predicted molar refractivity (Wildman–Crippen MR) is 158 cm³/mol. The summed E-state index contributed by atoms with van der Waals surface area (Å²) >= 11 is 0. The SMILES string of the molecule is Nc1nc2c(c(=O)[nH]1)N[C@@H](CNc1ccc(C(=O)N[C@@H](CCC(=O)O)C(=O)O)cc1)CN2.O=S(=O)(O)Cc1ccccc1. The Morgan fingerprint density at radius 2 is 1.74 bits per heavy atom. The molecule has 10 N–H and O–H groups in total. The zero-order chi connectivity index (χ0) is 31.6. The number of aromatic amines is 1. The molecule has 0 spiro atoms. The molecule has 0 radical (unpaired) electrons. The summed E-state index contributed by atoms with van der Waals surface area (Å²) < 4.78 is 29.2. The number of hydrogen-bond acceptors (Lipinski definition) is 11. The summed E-state index contributed by atoms with van der Waals surface area (Å²) in [5.74, 6) is -2.95. The van der Waals surface area contributed by atoms with Crippen molar-refractivity contribution in [2.24, 2.45) is 0 Å². The number of carbonyl (C=O) groups is 3. The second kappa shape index (κ2) is 14.6. The molecule has 230 valence electrons. The second-order valence-electron chi connectivity index (χ2n) is 9.36. The van der Waals surface area contributed by atoms with E-state index in [4.69, 9.17) is 20.5 Å². The van der Waals surface area contributed by atoms with Crippen molar-refractivity contribution in [1.82, 2.24) is 15.3 Å². The van der Waals surface area contributed by atoms with E-state index in [-0.39, 0.29) is 41.7 Å². The Hall–Kier alpha value is -5.16. The van der Waals surface area contributed by atoms with Crippen LogP contribution >= 0.6 is 0 Å². The summed E-state index contributed by atoms with van der Waals surface area (Å²) in [6, 6.07) is 13.5. The molecule has 2 aromatic carbocycles. The van der Waals surface area contributed by atoms with E-state index < -0.39 is 34.0 Å². The van der Waals surface area contributed by atoms with Gasteiger partial charge in [-0.15, -0.1) is 0 Å². The molecule has 1 aliphatic heterocycles. The van der Waals surface area contributed by atoms with E-state index in [2.05, 4.69) is 31.2 Å². The minimum atomic E-state index is -3.88. The standard InChI is InChI=1S/C19H23N7O6.C7H8O3S/c20-19-25-15-14(17(30)26-19)23-11(8-22-15)7-21-10-3-1-9(2-4-10)16(29)24-12(18(31)32)5-6-13(27)28;8-11(9,10)6-7-4-2-1-3-5-7/h1-4,11-12,21,23H,5-8H2,(H,24,29)(H,27,28)(H,31,32)(H4,20,22,25,26,30);1-5H,6H2,(H,8,9,10)/t11-,12-;/m0./s1. The molecule has 1 aromatic heterocycles. The molecule has 0 saturated carbocycles. The van der Waals surface area contributed by atoms with Gasteiger partial charge >= 0.3 is 11.9 Å². The van der Waals surface area contributed by atoms with Gasteiger partial charge < -0.3 is 37.2 Å². The maximum Gasteiger partial charge on any atom is 0.326 e. The van der Waals surface area contributed by atoms with Crippen LogP contribution in [0.15, 0.2) is 59.4 Å². The number of H-pyrrole nitrogens is 1. The van der Waals surface area contributed by atoms with Crippen LogP contribution in [-0.4, -0.2) is 76.2 Å². The zero-order valence-electron chi connectivity index (χ0n) is 22.6. The lowest BCUT2D eigenvalue weighted by Gasteiger charge is -2.27. The van der Waals surface area contributed by atoms with Crippen LogP contribution in [0.25, 0.3) is 0 Å². The number of nitrogens with zero attached hydrogens (tertiary/aromatic N) is 1. The summed E-state index contributed by atoms with van der Waals surface area (Å²) in [5, 5.41) is 29.5. The topological polar surface area (TPSA) is 266 Å². The van der Waals surface area contributed by atoms with E-state index in [1.165, 1.54) is 12.1 Å². The summed E-state index contributed by atoms with van der Waals surface area (Å²) in [6.07, 6.45) is -0.587. The highest BCUT2D eigenvalue weighted by atomic mass is 32.2. The lowest BCUT2D eigenvalue weighted by atomic mass is 10.1. The number of amides is 1. The van der Waals surface area contributed by atoms with Crippen LogP contribution in [0.4, 0.5) is 23.1 Å². The highest BCUT2D eigenvalue weighted by Crippen LogP contribution is 2.20. The Bertz CT molecular complexity index is 1600. The zero-order valence-corrected chi connectivity index (χ0v) is 23.4. The van der Waals surface area contributed by atoms with Gasteiger partial charge in [0.2, 0.25) is 5.95 Å². The Morgan fingerprint density at radius 3 is 2.35 bits per heavy atom. The van der Waals surface area contributed by atoms with Crippen LogP contribution in [-0.2, 0) is 25.5 Å². The molecule has 2 heterocycles. The molecule has 0 saturated heterocycles. The molecule has 2 atom stereocenters. The number of carboxylic acid groups (broad SMARTS) is 2. The number of anilines is 4. The number of fused-ring (bicyclic) bond motifs is 1. The van der Waals surface area contributed by atoms with E-state index in [0.717, 1.165) is 0 Å². The first-order valence-electron chi connectivity index (χ1n) is 12.8. The molecule has 0 unspecified atom stereocenters. The Morgan fingerprint density at radius 1 is 1.07 bits per heavy atom. The quantitative estimate of drug-likeness (QED) is 0.135. The molecule has 0 bridgehead atoms. The van der Waals surface area contributed by atoms with Gasteiger partial charge in [0.1, 0.15) is 17.5 Å². The first-order chi connectivity index (χ1) is 20.3. The van der Waals surface area contributed by atoms with E-state index >= 15 is 0 Å². The van der Waals surface area contributed by atoms with E-state index in [1.807, 2.05) is 0 Å². The summed E-state index contributed by atoms with van der Waals surface area (Å²) in [5.41, 5.74) is 6.99. The number of nitrogens with one attached hydrogen (secondary N) is 5. The van der Waals surface area contributed by atoms with Crippen LogP contribution in [0.3, 0.4) is 0 Å². The smallest absolute Gasteiger partial charge is 0.326 e. The first kappa shape index (κ1) is 32.4. The summed E-state index contributed by atoms with van der Waals surface area (Å²) in [4.78, 5) is 52.6. The molecule has 3 aromatic rings. The molecule has 0 fully saturated rings. The van der Waals surface area contributed by atoms with E-state index in [9.17, 15) is 27.6 Å². The van der Waals surface area contributed by atoms with Crippen LogP contribution in [0, 0.1) is 0 Å². The van der Waals surface area contributed by atoms with Gasteiger partial charge in [0, 0.05) is 30.8 Å². The Kier molecular flexibility index (Phi) is 11.0. The van der Waals surface area contributed by atoms with Crippen molar-refractivity contribution in [3.8, 4) is 0 Å². The average molecular weight is 618 g/mol. The van der Waals surface area contributed by atoms with Crippen molar-refractivity contribution in [2.45, 2.75) is 30.7 Å². The van der Waals surface area contributed by atoms with Gasteiger partial charge in [-0.3, -0.25) is 23.9 Å². The third kappa shape index (κ3) is 10.6. The van der Waals surface area contributed by atoms with Gasteiger partial charge in [0.05, 0.1) is 6.04 Å². The fraction of sp³-hybridized carbons (Fsp3) is 0.269. The minimum absolute atomic E-state index is 0.0281.